The molecule has 0 saturated heterocycles. The topological polar surface area (TPSA) is 80.9 Å². The summed E-state index contributed by atoms with van der Waals surface area (Å²) in [7, 11) is 0. The van der Waals surface area contributed by atoms with Gasteiger partial charge < -0.3 is 11.1 Å². The molecule has 3 rings (SSSR count). The summed E-state index contributed by atoms with van der Waals surface area (Å²) in [6, 6.07) is 14.8. The van der Waals surface area contributed by atoms with Crippen molar-refractivity contribution in [1.82, 2.24) is 9.97 Å². The normalized spacial score (nSPS) is 10.2. The molecule has 0 aliphatic heterocycles. The maximum atomic E-state index is 12.2. The van der Waals surface area contributed by atoms with Gasteiger partial charge in [-0.15, -0.1) is 0 Å². The SMILES string of the molecule is Nc1ncccc1C(=O)Nc1ccc(-c2ccncc2)cc1. The zero-order valence-electron chi connectivity index (χ0n) is 11.7. The van der Waals surface area contributed by atoms with Crippen LogP contribution >= 0.6 is 0 Å². The Bertz CT molecular complexity index is 785. The average Bonchev–Trinajstić information content (AvgIpc) is 2.57. The summed E-state index contributed by atoms with van der Waals surface area (Å²) in [5.41, 5.74) is 8.89. The van der Waals surface area contributed by atoms with Gasteiger partial charge in [0.15, 0.2) is 0 Å². The number of carbonyl (C=O) groups is 1. The van der Waals surface area contributed by atoms with E-state index < -0.39 is 0 Å². The lowest BCUT2D eigenvalue weighted by Gasteiger charge is -2.08. The number of nitrogens with one attached hydrogen (secondary N) is 1. The van der Waals surface area contributed by atoms with E-state index in [4.69, 9.17) is 5.73 Å². The molecule has 108 valence electrons. The average molecular weight is 290 g/mol. The fourth-order valence-corrected chi connectivity index (χ4v) is 2.10. The van der Waals surface area contributed by atoms with E-state index in [1.54, 1.807) is 30.7 Å². The summed E-state index contributed by atoms with van der Waals surface area (Å²) in [4.78, 5) is 20.1. The molecular formula is C17H14N4O. The highest BCUT2D eigenvalue weighted by molar-refractivity contribution is 6.07. The van der Waals surface area contributed by atoms with Gasteiger partial charge in [-0.25, -0.2) is 4.98 Å². The predicted octanol–water partition coefficient (Wildman–Crippen LogP) is 2.98. The number of nitrogen functional groups attached to an aromatic ring is 1. The Balaban J connectivity index is 1.77. The van der Waals surface area contributed by atoms with Crippen LogP contribution in [0.15, 0.2) is 67.1 Å². The van der Waals surface area contributed by atoms with Gasteiger partial charge in [-0.2, -0.15) is 0 Å². The second-order valence-electron chi connectivity index (χ2n) is 4.70. The Morgan fingerprint density at radius 2 is 1.59 bits per heavy atom. The molecule has 3 aromatic rings. The highest BCUT2D eigenvalue weighted by Gasteiger charge is 2.10. The molecule has 0 saturated carbocycles. The largest absolute Gasteiger partial charge is 0.383 e. The molecule has 5 heteroatoms. The van der Waals surface area contributed by atoms with Crippen LogP contribution in [0.3, 0.4) is 0 Å². The minimum atomic E-state index is -0.276. The van der Waals surface area contributed by atoms with E-state index in [1.807, 2.05) is 36.4 Å². The van der Waals surface area contributed by atoms with Crippen molar-refractivity contribution in [2.45, 2.75) is 0 Å². The van der Waals surface area contributed by atoms with Gasteiger partial charge in [0.2, 0.25) is 0 Å². The first kappa shape index (κ1) is 13.8. The zero-order valence-corrected chi connectivity index (χ0v) is 11.7. The fraction of sp³-hybridized carbons (Fsp3) is 0. The van der Waals surface area contributed by atoms with Gasteiger partial charge in [-0.05, 0) is 47.5 Å². The maximum absolute atomic E-state index is 12.2. The molecular weight excluding hydrogens is 276 g/mol. The molecule has 5 nitrogen and oxygen atoms in total. The van der Waals surface area contributed by atoms with Gasteiger partial charge in [0.25, 0.3) is 5.91 Å². The van der Waals surface area contributed by atoms with Gasteiger partial charge in [-0.1, -0.05) is 12.1 Å². The second kappa shape index (κ2) is 6.05. The third-order valence-electron chi connectivity index (χ3n) is 3.24. The van der Waals surface area contributed by atoms with E-state index in [1.165, 1.54) is 0 Å². The third kappa shape index (κ3) is 2.93. The number of aromatic nitrogens is 2. The molecule has 2 aromatic heterocycles. The highest BCUT2D eigenvalue weighted by atomic mass is 16.1. The van der Waals surface area contributed by atoms with Crippen molar-refractivity contribution in [2.75, 3.05) is 11.1 Å². The molecule has 1 amide bonds. The van der Waals surface area contributed by atoms with Crippen LogP contribution in [0.5, 0.6) is 0 Å². The van der Waals surface area contributed by atoms with Crippen molar-refractivity contribution < 1.29 is 4.79 Å². The van der Waals surface area contributed by atoms with Crippen LogP contribution in [0.25, 0.3) is 11.1 Å². The van der Waals surface area contributed by atoms with Crippen molar-refractivity contribution in [3.63, 3.8) is 0 Å². The number of amides is 1. The molecule has 22 heavy (non-hydrogen) atoms. The molecule has 0 radical (unpaired) electrons. The van der Waals surface area contributed by atoms with Crippen molar-refractivity contribution in [2.24, 2.45) is 0 Å². The Kier molecular flexibility index (Phi) is 3.78. The highest BCUT2D eigenvalue weighted by Crippen LogP contribution is 2.21. The van der Waals surface area contributed by atoms with Crippen LogP contribution in [0.4, 0.5) is 11.5 Å². The molecule has 0 aliphatic carbocycles. The first-order chi connectivity index (χ1) is 10.7. The minimum Gasteiger partial charge on any atom is -0.383 e. The zero-order chi connectivity index (χ0) is 15.4. The Labute approximate surface area is 127 Å². The van der Waals surface area contributed by atoms with Crippen LogP contribution in [-0.4, -0.2) is 15.9 Å². The summed E-state index contributed by atoms with van der Waals surface area (Å²) < 4.78 is 0. The summed E-state index contributed by atoms with van der Waals surface area (Å²) in [6.07, 6.45) is 5.04. The quantitative estimate of drug-likeness (QED) is 0.777. The summed E-state index contributed by atoms with van der Waals surface area (Å²) in [6.45, 7) is 0. The van der Waals surface area contributed by atoms with Crippen molar-refractivity contribution in [3.8, 4) is 11.1 Å². The number of carbonyl (C=O) groups excluding carboxylic acids is 1. The fourth-order valence-electron chi connectivity index (χ4n) is 2.10. The maximum Gasteiger partial charge on any atom is 0.259 e. The van der Waals surface area contributed by atoms with Crippen molar-refractivity contribution in [3.05, 3.63) is 72.7 Å². The number of hydrogen-bond acceptors (Lipinski definition) is 4. The lowest BCUT2D eigenvalue weighted by atomic mass is 10.1. The van der Waals surface area contributed by atoms with Crippen molar-refractivity contribution in [1.29, 1.82) is 0 Å². The van der Waals surface area contributed by atoms with Gasteiger partial charge in [0, 0.05) is 24.3 Å². The van der Waals surface area contributed by atoms with E-state index in [2.05, 4.69) is 15.3 Å². The van der Waals surface area contributed by atoms with Gasteiger partial charge in [0.05, 0.1) is 5.56 Å². The lowest BCUT2D eigenvalue weighted by molar-refractivity contribution is 0.102. The molecule has 1 aromatic carbocycles. The molecule has 2 heterocycles. The van der Waals surface area contributed by atoms with E-state index >= 15 is 0 Å². The van der Waals surface area contributed by atoms with Crippen LogP contribution < -0.4 is 11.1 Å². The molecule has 0 fully saturated rings. The van der Waals surface area contributed by atoms with E-state index in [0.717, 1.165) is 11.1 Å². The van der Waals surface area contributed by atoms with Crippen LogP contribution in [0, 0.1) is 0 Å². The van der Waals surface area contributed by atoms with E-state index in [-0.39, 0.29) is 11.7 Å². The van der Waals surface area contributed by atoms with E-state index in [9.17, 15) is 4.79 Å². The number of anilines is 2. The molecule has 3 N–H and O–H groups in total. The summed E-state index contributed by atoms with van der Waals surface area (Å²) in [5.74, 6) is -0.0596. The van der Waals surface area contributed by atoms with Gasteiger partial charge in [0.1, 0.15) is 5.82 Å². The first-order valence-corrected chi connectivity index (χ1v) is 6.76. The summed E-state index contributed by atoms with van der Waals surface area (Å²) in [5, 5.41) is 2.81. The number of pyridine rings is 2. The second-order valence-corrected chi connectivity index (χ2v) is 4.70. The standard InChI is InChI=1S/C17H14N4O/c18-16-15(2-1-9-20-16)17(22)21-14-5-3-12(4-6-14)13-7-10-19-11-8-13/h1-11H,(H2,18,20)(H,21,22). The van der Waals surface area contributed by atoms with Crippen LogP contribution in [0.2, 0.25) is 0 Å². The van der Waals surface area contributed by atoms with Crippen LogP contribution in [0.1, 0.15) is 10.4 Å². The van der Waals surface area contributed by atoms with E-state index in [0.29, 0.717) is 11.3 Å². The van der Waals surface area contributed by atoms with Gasteiger partial charge >= 0.3 is 0 Å². The number of nitrogens with two attached hydrogens (primary N) is 1. The Hall–Kier alpha value is -3.21. The minimum absolute atomic E-state index is 0.216. The van der Waals surface area contributed by atoms with Crippen LogP contribution in [-0.2, 0) is 0 Å². The third-order valence-corrected chi connectivity index (χ3v) is 3.24. The summed E-state index contributed by atoms with van der Waals surface area (Å²) >= 11 is 0. The molecule has 0 spiro atoms. The molecule has 0 unspecified atom stereocenters. The number of benzene rings is 1. The number of rotatable bonds is 3. The molecule has 0 aliphatic rings. The lowest BCUT2D eigenvalue weighted by Crippen LogP contribution is -2.14. The predicted molar refractivity (Wildman–Crippen MR) is 86.3 cm³/mol. The van der Waals surface area contributed by atoms with Crippen molar-refractivity contribution >= 4 is 17.4 Å². The first-order valence-electron chi connectivity index (χ1n) is 6.76. The monoisotopic (exact) mass is 290 g/mol. The molecule has 0 atom stereocenters. The number of nitrogens with zero attached hydrogens (tertiary/aromatic N) is 2. The Morgan fingerprint density at radius 3 is 2.27 bits per heavy atom. The Morgan fingerprint density at radius 1 is 0.909 bits per heavy atom. The van der Waals surface area contributed by atoms with Gasteiger partial charge in [-0.3, -0.25) is 9.78 Å². The smallest absolute Gasteiger partial charge is 0.259 e. The molecule has 0 bridgehead atoms. The number of hydrogen-bond donors (Lipinski definition) is 2.